The Morgan fingerprint density at radius 3 is 2.64 bits per heavy atom. The number of urea groups is 1. The molecule has 3 rings (SSSR count). The van der Waals surface area contributed by atoms with Gasteiger partial charge in [0.1, 0.15) is 23.3 Å². The van der Waals surface area contributed by atoms with Gasteiger partial charge in [-0.1, -0.05) is 6.07 Å². The van der Waals surface area contributed by atoms with Crippen LogP contribution in [0.5, 0.6) is 0 Å². The third-order valence-corrected chi connectivity index (χ3v) is 4.65. The molecule has 2 amide bonds. The Morgan fingerprint density at radius 2 is 1.89 bits per heavy atom. The van der Waals surface area contributed by atoms with Gasteiger partial charge in [-0.3, -0.25) is 0 Å². The van der Waals surface area contributed by atoms with Gasteiger partial charge in [0, 0.05) is 37.9 Å². The Balaban J connectivity index is 1.46. The van der Waals surface area contributed by atoms with E-state index in [1.54, 1.807) is 19.1 Å². The molecular formula is C20H27FN6O. The Bertz CT molecular complexity index is 822. The highest BCUT2D eigenvalue weighted by Crippen LogP contribution is 2.20. The molecule has 0 unspecified atom stereocenters. The van der Waals surface area contributed by atoms with Crippen molar-refractivity contribution in [2.24, 2.45) is 0 Å². The minimum atomic E-state index is -0.377. The number of amides is 2. The molecule has 0 bridgehead atoms. The molecule has 150 valence electrons. The van der Waals surface area contributed by atoms with Crippen LogP contribution in [-0.2, 0) is 0 Å². The Labute approximate surface area is 164 Å². The molecule has 1 aliphatic heterocycles. The smallest absolute Gasteiger partial charge is 0.319 e. The molecule has 1 aromatic heterocycles. The number of anilines is 3. The minimum Gasteiger partial charge on any atom is -0.368 e. The van der Waals surface area contributed by atoms with Gasteiger partial charge in [-0.15, -0.1) is 0 Å². The van der Waals surface area contributed by atoms with E-state index in [4.69, 9.17) is 0 Å². The molecule has 0 saturated carbocycles. The predicted molar refractivity (Wildman–Crippen MR) is 109 cm³/mol. The number of aromatic nitrogens is 2. The summed E-state index contributed by atoms with van der Waals surface area (Å²) in [4.78, 5) is 23.2. The highest BCUT2D eigenvalue weighted by molar-refractivity contribution is 5.89. The van der Waals surface area contributed by atoms with Crippen molar-refractivity contribution >= 4 is 23.4 Å². The molecule has 1 aromatic carbocycles. The molecule has 2 heterocycles. The van der Waals surface area contributed by atoms with Crippen molar-refractivity contribution in [2.75, 3.05) is 41.7 Å². The molecule has 0 aliphatic carbocycles. The van der Waals surface area contributed by atoms with E-state index in [1.165, 1.54) is 25.3 Å². The van der Waals surface area contributed by atoms with Gasteiger partial charge in [0.25, 0.3) is 0 Å². The maximum Gasteiger partial charge on any atom is 0.319 e. The predicted octanol–water partition coefficient (Wildman–Crippen LogP) is 3.46. The third kappa shape index (κ3) is 5.55. The number of piperidine rings is 1. The highest BCUT2D eigenvalue weighted by Gasteiger charge is 2.13. The van der Waals surface area contributed by atoms with Crippen molar-refractivity contribution in [3.05, 3.63) is 41.5 Å². The fourth-order valence-electron chi connectivity index (χ4n) is 3.14. The second-order valence-electron chi connectivity index (χ2n) is 6.98. The van der Waals surface area contributed by atoms with E-state index in [0.717, 1.165) is 30.5 Å². The van der Waals surface area contributed by atoms with Gasteiger partial charge in [-0.2, -0.15) is 0 Å². The van der Waals surface area contributed by atoms with Gasteiger partial charge in [0.2, 0.25) is 0 Å². The van der Waals surface area contributed by atoms with Crippen molar-refractivity contribution in [1.29, 1.82) is 0 Å². The van der Waals surface area contributed by atoms with E-state index in [-0.39, 0.29) is 11.8 Å². The van der Waals surface area contributed by atoms with Crippen molar-refractivity contribution in [1.82, 2.24) is 15.3 Å². The zero-order valence-electron chi connectivity index (χ0n) is 16.4. The maximum absolute atomic E-state index is 13.5. The molecule has 1 fully saturated rings. The lowest BCUT2D eigenvalue weighted by atomic mass is 10.1. The summed E-state index contributed by atoms with van der Waals surface area (Å²) >= 11 is 0. The lowest BCUT2D eigenvalue weighted by Gasteiger charge is -2.28. The second kappa shape index (κ2) is 9.34. The van der Waals surface area contributed by atoms with Crippen LogP contribution in [0.2, 0.25) is 0 Å². The first kappa shape index (κ1) is 19.9. The van der Waals surface area contributed by atoms with Crippen LogP contribution in [0.4, 0.5) is 26.5 Å². The Kier molecular flexibility index (Phi) is 6.62. The molecule has 0 atom stereocenters. The third-order valence-electron chi connectivity index (χ3n) is 4.65. The van der Waals surface area contributed by atoms with E-state index < -0.39 is 0 Å². The van der Waals surface area contributed by atoms with Crippen LogP contribution >= 0.6 is 0 Å². The molecular weight excluding hydrogens is 359 g/mol. The molecule has 0 spiro atoms. The average Bonchev–Trinajstić information content (AvgIpc) is 2.68. The lowest BCUT2D eigenvalue weighted by Crippen LogP contribution is -2.33. The number of nitrogens with zero attached hydrogens (tertiary/aromatic N) is 3. The standard InChI is InChI=1S/C20H27FN6O/c1-14-6-7-16(12-17(14)21)26-20(28)23-9-8-22-18-13-19(25-15(2)24-18)27-10-4-3-5-11-27/h6-7,12-13H,3-5,8-11H2,1-2H3,(H,22,24,25)(H2,23,26,28). The van der Waals surface area contributed by atoms with E-state index >= 15 is 0 Å². The summed E-state index contributed by atoms with van der Waals surface area (Å²) in [5.41, 5.74) is 0.963. The second-order valence-corrected chi connectivity index (χ2v) is 6.98. The van der Waals surface area contributed by atoms with Gasteiger partial charge < -0.3 is 20.9 Å². The lowest BCUT2D eigenvalue weighted by molar-refractivity contribution is 0.252. The minimum absolute atomic E-state index is 0.344. The van der Waals surface area contributed by atoms with Crippen molar-refractivity contribution in [3.63, 3.8) is 0 Å². The van der Waals surface area contributed by atoms with E-state index in [2.05, 4.69) is 30.8 Å². The summed E-state index contributed by atoms with van der Waals surface area (Å²) < 4.78 is 13.5. The van der Waals surface area contributed by atoms with Crippen LogP contribution in [0.1, 0.15) is 30.7 Å². The van der Waals surface area contributed by atoms with Gasteiger partial charge in [0.15, 0.2) is 0 Å². The summed E-state index contributed by atoms with van der Waals surface area (Å²) in [5, 5.41) is 8.58. The zero-order valence-corrected chi connectivity index (χ0v) is 16.4. The summed E-state index contributed by atoms with van der Waals surface area (Å²) in [5.74, 6) is 2.07. The first-order chi connectivity index (χ1) is 13.5. The normalized spacial score (nSPS) is 13.9. The molecule has 3 N–H and O–H groups in total. The Hall–Kier alpha value is -2.90. The number of benzene rings is 1. The number of halogens is 1. The quantitative estimate of drug-likeness (QED) is 0.663. The number of aryl methyl sites for hydroxylation is 2. The van der Waals surface area contributed by atoms with Crippen LogP contribution in [0.25, 0.3) is 0 Å². The molecule has 1 aliphatic rings. The van der Waals surface area contributed by atoms with Gasteiger partial charge >= 0.3 is 6.03 Å². The molecule has 7 nitrogen and oxygen atoms in total. The van der Waals surface area contributed by atoms with Crippen LogP contribution in [0.3, 0.4) is 0 Å². The van der Waals surface area contributed by atoms with Crippen LogP contribution < -0.4 is 20.9 Å². The highest BCUT2D eigenvalue weighted by atomic mass is 19.1. The number of carbonyl (C=O) groups is 1. The van der Waals surface area contributed by atoms with Crippen LogP contribution in [0, 0.1) is 19.7 Å². The number of carbonyl (C=O) groups excluding carboxylic acids is 1. The SMILES string of the molecule is Cc1nc(NCCNC(=O)Nc2ccc(C)c(F)c2)cc(N2CCCCC2)n1. The fraction of sp³-hybridized carbons (Fsp3) is 0.450. The van der Waals surface area contributed by atoms with Gasteiger partial charge in [0.05, 0.1) is 0 Å². The molecule has 28 heavy (non-hydrogen) atoms. The molecule has 2 aromatic rings. The molecule has 0 radical (unpaired) electrons. The summed E-state index contributed by atoms with van der Waals surface area (Å²) in [7, 11) is 0. The largest absolute Gasteiger partial charge is 0.368 e. The summed E-state index contributed by atoms with van der Waals surface area (Å²) in [6, 6.07) is 6.18. The average molecular weight is 386 g/mol. The van der Waals surface area contributed by atoms with E-state index in [9.17, 15) is 9.18 Å². The first-order valence-corrected chi connectivity index (χ1v) is 9.67. The van der Waals surface area contributed by atoms with Crippen LogP contribution in [0.15, 0.2) is 24.3 Å². The van der Waals surface area contributed by atoms with Gasteiger partial charge in [-0.25, -0.2) is 19.2 Å². The van der Waals surface area contributed by atoms with Gasteiger partial charge in [-0.05, 0) is 50.8 Å². The van der Waals surface area contributed by atoms with Crippen molar-refractivity contribution in [3.8, 4) is 0 Å². The van der Waals surface area contributed by atoms with Crippen molar-refractivity contribution in [2.45, 2.75) is 33.1 Å². The van der Waals surface area contributed by atoms with E-state index in [1.807, 2.05) is 13.0 Å². The number of hydrogen-bond acceptors (Lipinski definition) is 5. The zero-order chi connectivity index (χ0) is 19.9. The number of nitrogens with one attached hydrogen (secondary N) is 3. The number of hydrogen-bond donors (Lipinski definition) is 3. The first-order valence-electron chi connectivity index (χ1n) is 9.67. The summed E-state index contributed by atoms with van der Waals surface area (Å²) in [6.45, 7) is 6.53. The van der Waals surface area contributed by atoms with Crippen molar-refractivity contribution < 1.29 is 9.18 Å². The fourth-order valence-corrected chi connectivity index (χ4v) is 3.14. The monoisotopic (exact) mass is 386 g/mol. The topological polar surface area (TPSA) is 82.2 Å². The molecule has 1 saturated heterocycles. The van der Waals surface area contributed by atoms with E-state index in [0.29, 0.717) is 24.3 Å². The summed E-state index contributed by atoms with van der Waals surface area (Å²) in [6.07, 6.45) is 3.65. The Morgan fingerprint density at radius 1 is 1.11 bits per heavy atom. The molecule has 8 heteroatoms. The number of rotatable bonds is 6. The maximum atomic E-state index is 13.5. The van der Waals surface area contributed by atoms with Crippen LogP contribution in [-0.4, -0.2) is 42.2 Å².